The second-order valence-electron chi connectivity index (χ2n) is 6.96. The van der Waals surface area contributed by atoms with Gasteiger partial charge < -0.3 is 20.3 Å². The molecule has 1 aromatic rings. The normalized spacial score (nSPS) is 19.1. The number of para-hydroxylation sites is 2. The van der Waals surface area contributed by atoms with Crippen molar-refractivity contribution in [2.45, 2.75) is 57.6 Å². The number of carbonyl (C=O) groups excluding carboxylic acids is 2. The summed E-state index contributed by atoms with van der Waals surface area (Å²) in [4.78, 5) is 25.8. The number of urea groups is 1. The van der Waals surface area contributed by atoms with Gasteiger partial charge in [0.1, 0.15) is 5.75 Å². The van der Waals surface area contributed by atoms with Crippen LogP contribution in [0.2, 0.25) is 0 Å². The first kappa shape index (κ1) is 17.6. The van der Waals surface area contributed by atoms with Gasteiger partial charge in [-0.1, -0.05) is 12.1 Å². The molecule has 6 heteroatoms. The summed E-state index contributed by atoms with van der Waals surface area (Å²) >= 11 is 0. The minimum atomic E-state index is -0.276. The van der Waals surface area contributed by atoms with Crippen molar-refractivity contribution in [3.05, 3.63) is 24.3 Å². The monoisotopic (exact) mass is 345 g/mol. The maximum Gasteiger partial charge on any atom is 0.319 e. The predicted octanol–water partition coefficient (Wildman–Crippen LogP) is 3.14. The highest BCUT2D eigenvalue weighted by Gasteiger charge is 2.23. The van der Waals surface area contributed by atoms with Crippen LogP contribution < -0.4 is 15.4 Å². The minimum Gasteiger partial charge on any atom is -0.488 e. The summed E-state index contributed by atoms with van der Waals surface area (Å²) in [5, 5.41) is 5.77. The number of hydrogen-bond donors (Lipinski definition) is 2. The highest BCUT2D eigenvalue weighted by Crippen LogP contribution is 2.29. The van der Waals surface area contributed by atoms with E-state index in [1.165, 1.54) is 12.8 Å². The van der Waals surface area contributed by atoms with Crippen molar-refractivity contribution in [1.29, 1.82) is 0 Å². The van der Waals surface area contributed by atoms with Gasteiger partial charge in [0.15, 0.2) is 0 Å². The van der Waals surface area contributed by atoms with E-state index in [0.717, 1.165) is 25.8 Å². The molecule has 1 aromatic carbocycles. The Balaban J connectivity index is 1.52. The van der Waals surface area contributed by atoms with Crippen molar-refractivity contribution in [2.75, 3.05) is 18.4 Å². The molecule has 1 aliphatic carbocycles. The average Bonchev–Trinajstić information content (AvgIpc) is 3.22. The molecule has 3 amide bonds. The van der Waals surface area contributed by atoms with Crippen LogP contribution in [0.3, 0.4) is 0 Å². The number of carbonyl (C=O) groups is 2. The lowest BCUT2D eigenvalue weighted by molar-refractivity contribution is -0.127. The maximum absolute atomic E-state index is 12.3. The number of hydrogen-bond acceptors (Lipinski definition) is 3. The van der Waals surface area contributed by atoms with Gasteiger partial charge in [-0.3, -0.25) is 4.79 Å². The summed E-state index contributed by atoms with van der Waals surface area (Å²) < 4.78 is 6.04. The molecule has 25 heavy (non-hydrogen) atoms. The molecule has 6 nitrogen and oxygen atoms in total. The number of nitrogens with one attached hydrogen (secondary N) is 2. The van der Waals surface area contributed by atoms with Crippen molar-refractivity contribution in [2.24, 2.45) is 0 Å². The summed E-state index contributed by atoms with van der Waals surface area (Å²) in [6.07, 6.45) is 6.31. The van der Waals surface area contributed by atoms with E-state index < -0.39 is 0 Å². The Morgan fingerprint density at radius 2 is 2.04 bits per heavy atom. The highest BCUT2D eigenvalue weighted by molar-refractivity contribution is 5.91. The van der Waals surface area contributed by atoms with Gasteiger partial charge in [-0.05, 0) is 51.2 Å². The minimum absolute atomic E-state index is 0.107. The highest BCUT2D eigenvalue weighted by atomic mass is 16.5. The Morgan fingerprint density at radius 1 is 1.28 bits per heavy atom. The Bertz CT molecular complexity index is 614. The second-order valence-corrected chi connectivity index (χ2v) is 6.96. The number of amides is 3. The molecule has 1 heterocycles. The van der Waals surface area contributed by atoms with E-state index in [0.29, 0.717) is 24.4 Å². The maximum atomic E-state index is 12.3. The van der Waals surface area contributed by atoms with Crippen molar-refractivity contribution in [3.8, 4) is 5.75 Å². The first-order valence-electron chi connectivity index (χ1n) is 9.23. The van der Waals surface area contributed by atoms with Gasteiger partial charge in [0.2, 0.25) is 5.91 Å². The number of rotatable bonds is 6. The third-order valence-corrected chi connectivity index (χ3v) is 4.77. The third-order valence-electron chi connectivity index (χ3n) is 4.77. The first-order chi connectivity index (χ1) is 12.1. The molecule has 1 unspecified atom stereocenters. The fraction of sp³-hybridized carbons (Fsp3) is 0.579. The van der Waals surface area contributed by atoms with Crippen molar-refractivity contribution in [3.63, 3.8) is 0 Å². The SMILES string of the molecule is CC(CN1CCCC1=O)NC(=O)Nc1ccccc1OC1CCCC1. The van der Waals surface area contributed by atoms with Crippen LogP contribution in [-0.2, 0) is 4.79 Å². The van der Waals surface area contributed by atoms with Crippen LogP contribution in [0.25, 0.3) is 0 Å². The number of ether oxygens (including phenoxy) is 1. The largest absolute Gasteiger partial charge is 0.488 e. The molecule has 1 atom stereocenters. The predicted molar refractivity (Wildman–Crippen MR) is 96.8 cm³/mol. The van der Waals surface area contributed by atoms with Gasteiger partial charge in [-0.25, -0.2) is 4.79 Å². The summed E-state index contributed by atoms with van der Waals surface area (Å²) in [7, 11) is 0. The molecule has 1 aliphatic heterocycles. The van der Waals surface area contributed by atoms with Crippen LogP contribution in [-0.4, -0.2) is 42.1 Å². The quantitative estimate of drug-likeness (QED) is 0.832. The lowest BCUT2D eigenvalue weighted by Crippen LogP contribution is -2.44. The van der Waals surface area contributed by atoms with Gasteiger partial charge in [0.25, 0.3) is 0 Å². The van der Waals surface area contributed by atoms with E-state index in [4.69, 9.17) is 4.74 Å². The molecule has 0 aromatic heterocycles. The van der Waals surface area contributed by atoms with Crippen molar-refractivity contribution in [1.82, 2.24) is 10.2 Å². The molecule has 1 saturated carbocycles. The lowest BCUT2D eigenvalue weighted by atomic mass is 10.2. The number of nitrogens with zero attached hydrogens (tertiary/aromatic N) is 1. The van der Waals surface area contributed by atoms with Gasteiger partial charge in [-0.2, -0.15) is 0 Å². The summed E-state index contributed by atoms with van der Waals surface area (Å²) in [6, 6.07) is 7.14. The van der Waals surface area contributed by atoms with E-state index >= 15 is 0 Å². The molecule has 3 rings (SSSR count). The summed E-state index contributed by atoms with van der Waals surface area (Å²) in [6.45, 7) is 3.24. The molecule has 0 radical (unpaired) electrons. The van der Waals surface area contributed by atoms with Gasteiger partial charge in [-0.15, -0.1) is 0 Å². The number of benzene rings is 1. The zero-order valence-electron chi connectivity index (χ0n) is 14.8. The fourth-order valence-electron chi connectivity index (χ4n) is 3.51. The van der Waals surface area contributed by atoms with Gasteiger partial charge in [0.05, 0.1) is 11.8 Å². The molecular weight excluding hydrogens is 318 g/mol. The van der Waals surface area contributed by atoms with E-state index in [-0.39, 0.29) is 24.1 Å². The summed E-state index contributed by atoms with van der Waals surface area (Å²) in [5.74, 6) is 0.885. The van der Waals surface area contributed by atoms with E-state index in [9.17, 15) is 9.59 Å². The molecule has 136 valence electrons. The van der Waals surface area contributed by atoms with Crippen molar-refractivity contribution >= 4 is 17.6 Å². The zero-order valence-corrected chi connectivity index (χ0v) is 14.8. The molecular formula is C19H27N3O3. The van der Waals surface area contributed by atoms with Crippen LogP contribution in [0.1, 0.15) is 45.4 Å². The van der Waals surface area contributed by atoms with E-state index in [1.807, 2.05) is 36.1 Å². The third kappa shape index (κ3) is 4.87. The number of anilines is 1. The van der Waals surface area contributed by atoms with Crippen LogP contribution in [0.15, 0.2) is 24.3 Å². The standard InChI is InChI=1S/C19H27N3O3/c1-14(13-22-12-6-11-18(22)23)20-19(24)21-16-9-4-5-10-17(16)25-15-7-2-3-8-15/h4-5,9-10,14-15H,2-3,6-8,11-13H2,1H3,(H2,20,21,24). The Labute approximate surface area is 148 Å². The Kier molecular flexibility index (Phi) is 5.79. The van der Waals surface area contributed by atoms with Crippen LogP contribution in [0.4, 0.5) is 10.5 Å². The van der Waals surface area contributed by atoms with E-state index in [2.05, 4.69) is 10.6 Å². The van der Waals surface area contributed by atoms with Gasteiger partial charge >= 0.3 is 6.03 Å². The Morgan fingerprint density at radius 3 is 2.76 bits per heavy atom. The summed E-state index contributed by atoms with van der Waals surface area (Å²) in [5.41, 5.74) is 0.677. The first-order valence-corrected chi connectivity index (χ1v) is 9.23. The van der Waals surface area contributed by atoms with Crippen LogP contribution in [0, 0.1) is 0 Å². The topological polar surface area (TPSA) is 70.7 Å². The lowest BCUT2D eigenvalue weighted by Gasteiger charge is -2.22. The van der Waals surface area contributed by atoms with Crippen LogP contribution in [0.5, 0.6) is 5.75 Å². The van der Waals surface area contributed by atoms with Crippen molar-refractivity contribution < 1.29 is 14.3 Å². The fourth-order valence-corrected chi connectivity index (χ4v) is 3.51. The Hall–Kier alpha value is -2.24. The molecule has 1 saturated heterocycles. The molecule has 2 fully saturated rings. The molecule has 0 bridgehead atoms. The molecule has 2 aliphatic rings. The average molecular weight is 345 g/mol. The molecule has 2 N–H and O–H groups in total. The number of likely N-dealkylation sites (tertiary alicyclic amines) is 1. The zero-order chi connectivity index (χ0) is 17.6. The smallest absolute Gasteiger partial charge is 0.319 e. The van der Waals surface area contributed by atoms with Gasteiger partial charge in [0, 0.05) is 25.6 Å². The van der Waals surface area contributed by atoms with Crippen LogP contribution >= 0.6 is 0 Å². The molecule has 0 spiro atoms. The van der Waals surface area contributed by atoms with E-state index in [1.54, 1.807) is 0 Å². The second kappa shape index (κ2) is 8.23.